The van der Waals surface area contributed by atoms with Crippen molar-refractivity contribution >= 4 is 50.2 Å². The summed E-state index contributed by atoms with van der Waals surface area (Å²) < 4.78 is 2.75. The number of thiocarbonyl (C=S) groups is 1. The van der Waals surface area contributed by atoms with Crippen LogP contribution in [0, 0.1) is 3.95 Å². The number of hydrogen-bond acceptors (Lipinski definition) is 5. The summed E-state index contributed by atoms with van der Waals surface area (Å²) in [4.78, 5) is 11.4. The Hall–Kier alpha value is -0.960. The van der Waals surface area contributed by atoms with Crippen LogP contribution in [0.1, 0.15) is 5.69 Å². The Labute approximate surface area is 129 Å². The summed E-state index contributed by atoms with van der Waals surface area (Å²) in [6.07, 6.45) is 1.77. The SMILES string of the molecule is CN(C)C(=S)N=c1ssc(=S)n1Cc1ccccn1. The van der Waals surface area contributed by atoms with Gasteiger partial charge in [0, 0.05) is 20.3 Å². The van der Waals surface area contributed by atoms with Gasteiger partial charge in [0.15, 0.2) is 9.07 Å². The fourth-order valence-electron chi connectivity index (χ4n) is 1.29. The van der Waals surface area contributed by atoms with E-state index in [-0.39, 0.29) is 0 Å². The Morgan fingerprint density at radius 3 is 2.84 bits per heavy atom. The molecule has 0 saturated carbocycles. The number of nitrogens with zero attached hydrogens (tertiary/aromatic N) is 4. The Balaban J connectivity index is 2.39. The minimum atomic E-state index is 0.541. The van der Waals surface area contributed by atoms with Crippen molar-refractivity contribution in [2.75, 3.05) is 14.1 Å². The molecular formula is C11H12N4S4. The van der Waals surface area contributed by atoms with Gasteiger partial charge in [-0.25, -0.2) is 0 Å². The molecule has 4 nitrogen and oxygen atoms in total. The van der Waals surface area contributed by atoms with Crippen molar-refractivity contribution in [2.24, 2.45) is 4.99 Å². The van der Waals surface area contributed by atoms with E-state index in [1.165, 1.54) is 20.7 Å². The summed E-state index contributed by atoms with van der Waals surface area (Å²) in [5.74, 6) is 0. The molecule has 2 rings (SSSR count). The number of rotatable bonds is 2. The lowest BCUT2D eigenvalue weighted by molar-refractivity contribution is 0.623. The Kier molecular flexibility index (Phi) is 4.92. The highest BCUT2D eigenvalue weighted by Crippen LogP contribution is 2.07. The van der Waals surface area contributed by atoms with E-state index in [4.69, 9.17) is 24.4 Å². The predicted octanol–water partition coefficient (Wildman–Crippen LogP) is 2.53. The molecule has 0 bridgehead atoms. The lowest BCUT2D eigenvalue weighted by Crippen LogP contribution is -2.23. The highest BCUT2D eigenvalue weighted by atomic mass is 32.9. The van der Waals surface area contributed by atoms with Gasteiger partial charge in [-0.3, -0.25) is 9.55 Å². The first kappa shape index (κ1) is 14.4. The summed E-state index contributed by atoms with van der Waals surface area (Å²) in [6, 6.07) is 5.83. The van der Waals surface area contributed by atoms with Crippen LogP contribution in [0.5, 0.6) is 0 Å². The normalized spacial score (nSPS) is 11.6. The van der Waals surface area contributed by atoms with Crippen LogP contribution in [0.3, 0.4) is 0 Å². The molecule has 0 atom stereocenters. The van der Waals surface area contributed by atoms with Gasteiger partial charge in [-0.15, -0.1) is 0 Å². The van der Waals surface area contributed by atoms with Crippen LogP contribution in [0.15, 0.2) is 29.4 Å². The molecule has 0 N–H and O–H groups in total. The van der Waals surface area contributed by atoms with Gasteiger partial charge in [-0.2, -0.15) is 4.99 Å². The third-order valence-electron chi connectivity index (χ3n) is 2.26. The molecule has 2 aromatic rings. The molecule has 0 unspecified atom stereocenters. The van der Waals surface area contributed by atoms with E-state index >= 15 is 0 Å². The van der Waals surface area contributed by atoms with E-state index in [0.29, 0.717) is 11.7 Å². The van der Waals surface area contributed by atoms with Gasteiger partial charge in [-0.1, -0.05) is 6.07 Å². The van der Waals surface area contributed by atoms with Crippen LogP contribution in [-0.4, -0.2) is 33.7 Å². The van der Waals surface area contributed by atoms with Gasteiger partial charge in [0.2, 0.25) is 4.80 Å². The first-order valence-corrected chi connectivity index (χ1v) is 8.40. The first-order valence-electron chi connectivity index (χ1n) is 5.44. The quantitative estimate of drug-likeness (QED) is 0.627. The van der Waals surface area contributed by atoms with E-state index in [1.807, 2.05) is 36.9 Å². The molecule has 19 heavy (non-hydrogen) atoms. The fraction of sp³-hybridized carbons (Fsp3) is 0.273. The number of hydrogen-bond donors (Lipinski definition) is 0. The fourth-order valence-corrected chi connectivity index (χ4v) is 3.85. The van der Waals surface area contributed by atoms with Gasteiger partial charge in [-0.05, 0) is 57.2 Å². The number of pyridine rings is 1. The molecule has 0 spiro atoms. The maximum Gasteiger partial charge on any atom is 0.204 e. The molecule has 0 radical (unpaired) electrons. The second kappa shape index (κ2) is 6.47. The van der Waals surface area contributed by atoms with Crippen LogP contribution in [0.25, 0.3) is 0 Å². The molecule has 0 aromatic carbocycles. The zero-order chi connectivity index (χ0) is 13.8. The van der Waals surface area contributed by atoms with Crippen LogP contribution >= 0.6 is 45.1 Å². The monoisotopic (exact) mass is 328 g/mol. The van der Waals surface area contributed by atoms with E-state index in [0.717, 1.165) is 14.4 Å². The highest BCUT2D eigenvalue weighted by molar-refractivity contribution is 7.80. The molecule has 0 aliphatic carbocycles. The van der Waals surface area contributed by atoms with Crippen molar-refractivity contribution in [3.63, 3.8) is 0 Å². The Morgan fingerprint density at radius 1 is 1.42 bits per heavy atom. The molecule has 0 amide bonds. The molecule has 100 valence electrons. The lowest BCUT2D eigenvalue weighted by atomic mass is 10.3. The molecule has 0 fully saturated rings. The van der Waals surface area contributed by atoms with Crippen LogP contribution in [0.4, 0.5) is 0 Å². The summed E-state index contributed by atoms with van der Waals surface area (Å²) in [6.45, 7) is 0.620. The molecule has 2 aromatic heterocycles. The van der Waals surface area contributed by atoms with Gasteiger partial charge in [0.25, 0.3) is 0 Å². The average molecular weight is 329 g/mol. The Morgan fingerprint density at radius 2 is 2.21 bits per heavy atom. The van der Waals surface area contributed by atoms with Gasteiger partial charge in [0.05, 0.1) is 12.2 Å². The average Bonchev–Trinajstić information content (AvgIpc) is 2.72. The summed E-state index contributed by atoms with van der Waals surface area (Å²) in [5, 5.41) is 0.541. The van der Waals surface area contributed by atoms with Crippen molar-refractivity contribution in [3.8, 4) is 0 Å². The van der Waals surface area contributed by atoms with Crippen molar-refractivity contribution < 1.29 is 0 Å². The standard InChI is InChI=1S/C11H12N4S4/c1-14(2)9(16)13-10-15(11(17)19-18-10)7-8-5-3-4-6-12-8/h3-6H,7H2,1-2H3. The third kappa shape index (κ3) is 3.75. The molecule has 0 aliphatic rings. The van der Waals surface area contributed by atoms with Crippen molar-refractivity contribution in [1.29, 1.82) is 0 Å². The zero-order valence-corrected chi connectivity index (χ0v) is 13.7. The van der Waals surface area contributed by atoms with E-state index in [1.54, 1.807) is 11.1 Å². The highest BCUT2D eigenvalue weighted by Gasteiger charge is 2.04. The Bertz CT molecular complexity index is 680. The van der Waals surface area contributed by atoms with E-state index in [9.17, 15) is 0 Å². The summed E-state index contributed by atoms with van der Waals surface area (Å²) >= 11 is 10.5. The van der Waals surface area contributed by atoms with Gasteiger partial charge < -0.3 is 4.90 Å². The molecule has 8 heteroatoms. The van der Waals surface area contributed by atoms with Crippen molar-refractivity contribution in [2.45, 2.75) is 6.54 Å². The maximum absolute atomic E-state index is 5.34. The van der Waals surface area contributed by atoms with E-state index < -0.39 is 0 Å². The summed E-state index contributed by atoms with van der Waals surface area (Å²) in [5.41, 5.74) is 0.955. The molecule has 2 heterocycles. The van der Waals surface area contributed by atoms with Crippen molar-refractivity contribution in [3.05, 3.63) is 38.8 Å². The minimum Gasteiger partial charge on any atom is -0.353 e. The minimum absolute atomic E-state index is 0.541. The van der Waals surface area contributed by atoms with Crippen LogP contribution < -0.4 is 4.80 Å². The van der Waals surface area contributed by atoms with Crippen molar-refractivity contribution in [1.82, 2.24) is 14.5 Å². The predicted molar refractivity (Wildman–Crippen MR) is 86.2 cm³/mol. The van der Waals surface area contributed by atoms with E-state index in [2.05, 4.69) is 9.98 Å². The molecular weight excluding hydrogens is 316 g/mol. The summed E-state index contributed by atoms with van der Waals surface area (Å²) in [7, 11) is 6.81. The second-order valence-electron chi connectivity index (χ2n) is 3.91. The second-order valence-corrected chi connectivity index (χ2v) is 7.01. The van der Waals surface area contributed by atoms with Crippen LogP contribution in [-0.2, 0) is 6.54 Å². The van der Waals surface area contributed by atoms with Gasteiger partial charge in [0.1, 0.15) is 0 Å². The smallest absolute Gasteiger partial charge is 0.204 e. The zero-order valence-electron chi connectivity index (χ0n) is 10.4. The van der Waals surface area contributed by atoms with Gasteiger partial charge >= 0.3 is 0 Å². The number of aromatic nitrogens is 2. The first-order chi connectivity index (χ1) is 9.08. The molecule has 0 saturated heterocycles. The lowest BCUT2D eigenvalue weighted by Gasteiger charge is -2.08. The van der Waals surface area contributed by atoms with Crippen LogP contribution in [0.2, 0.25) is 0 Å². The largest absolute Gasteiger partial charge is 0.353 e. The molecule has 0 aliphatic heterocycles. The topological polar surface area (TPSA) is 33.4 Å². The maximum atomic E-state index is 5.34. The third-order valence-corrected chi connectivity index (χ3v) is 5.58.